The lowest BCUT2D eigenvalue weighted by Gasteiger charge is -2.29. The molecule has 3 atom stereocenters. The van der Waals surface area contributed by atoms with Gasteiger partial charge in [-0.3, -0.25) is 14.9 Å². The zero-order valence-corrected chi connectivity index (χ0v) is 20.0. The molecule has 9 heteroatoms. The molecule has 1 aliphatic heterocycles. The van der Waals surface area contributed by atoms with Gasteiger partial charge in [-0.25, -0.2) is 4.79 Å². The minimum Gasteiger partial charge on any atom is -0.480 e. The summed E-state index contributed by atoms with van der Waals surface area (Å²) in [5, 5.41) is 24.6. The summed E-state index contributed by atoms with van der Waals surface area (Å²) in [5.41, 5.74) is 6.58. The van der Waals surface area contributed by atoms with Crippen LogP contribution in [0.3, 0.4) is 0 Å². The molecule has 1 fully saturated rings. The molecule has 8 nitrogen and oxygen atoms in total. The predicted octanol–water partition coefficient (Wildman–Crippen LogP) is 2.34. The molecular weight excluding hydrogens is 454 g/mol. The van der Waals surface area contributed by atoms with Gasteiger partial charge >= 0.3 is 11.9 Å². The summed E-state index contributed by atoms with van der Waals surface area (Å²) < 4.78 is 0. The number of carbonyl (C=O) groups excluding carboxylic acids is 1. The van der Waals surface area contributed by atoms with Crippen molar-refractivity contribution in [2.75, 3.05) is 24.6 Å². The molecule has 0 saturated carbocycles. The number of fused-ring (bicyclic) bond motifs is 1. The Morgan fingerprint density at radius 1 is 1.06 bits per heavy atom. The van der Waals surface area contributed by atoms with Gasteiger partial charge in [-0.1, -0.05) is 42.5 Å². The van der Waals surface area contributed by atoms with Crippen LogP contribution in [0.4, 0.5) is 0 Å². The van der Waals surface area contributed by atoms with Gasteiger partial charge in [-0.2, -0.15) is 11.8 Å². The van der Waals surface area contributed by atoms with Crippen molar-refractivity contribution in [2.24, 2.45) is 5.73 Å². The van der Waals surface area contributed by atoms with E-state index in [2.05, 4.69) is 11.4 Å². The summed E-state index contributed by atoms with van der Waals surface area (Å²) in [7, 11) is 0. The number of nitrogens with one attached hydrogen (secondary N) is 1. The van der Waals surface area contributed by atoms with Crippen LogP contribution in [-0.4, -0.2) is 75.7 Å². The number of hydrogen-bond donors (Lipinski definition) is 4. The van der Waals surface area contributed by atoms with Crippen molar-refractivity contribution in [2.45, 2.75) is 50.2 Å². The fourth-order valence-corrected chi connectivity index (χ4v) is 5.15. The number of aliphatic carboxylic acids is 2. The SMILES string of the molecule is NCCSCC[C@H](NC(CCc1ccc2ccccc2c1)C(=O)O)C(=O)N1CCC[C@H]1C(=O)O. The molecule has 5 N–H and O–H groups in total. The maximum Gasteiger partial charge on any atom is 0.326 e. The van der Waals surface area contributed by atoms with Crippen LogP contribution in [0.15, 0.2) is 42.5 Å². The molecule has 1 amide bonds. The van der Waals surface area contributed by atoms with E-state index in [0.29, 0.717) is 50.9 Å². The Balaban J connectivity index is 1.70. The van der Waals surface area contributed by atoms with Crippen LogP contribution in [-0.2, 0) is 20.8 Å². The number of likely N-dealkylation sites (tertiary alicyclic amines) is 1. The number of carboxylic acid groups (broad SMARTS) is 2. The topological polar surface area (TPSA) is 133 Å². The highest BCUT2D eigenvalue weighted by molar-refractivity contribution is 7.99. The normalized spacial score (nSPS) is 17.6. The number of hydrogen-bond acceptors (Lipinski definition) is 6. The monoisotopic (exact) mass is 487 g/mol. The van der Waals surface area contributed by atoms with Crippen molar-refractivity contribution in [1.82, 2.24) is 10.2 Å². The summed E-state index contributed by atoms with van der Waals surface area (Å²) in [6, 6.07) is 11.5. The van der Waals surface area contributed by atoms with E-state index in [1.54, 1.807) is 11.8 Å². The van der Waals surface area contributed by atoms with Crippen LogP contribution < -0.4 is 11.1 Å². The van der Waals surface area contributed by atoms with Gasteiger partial charge in [0.05, 0.1) is 6.04 Å². The lowest BCUT2D eigenvalue weighted by atomic mass is 10.0. The first kappa shape index (κ1) is 26.0. The number of amides is 1. The summed E-state index contributed by atoms with van der Waals surface area (Å²) >= 11 is 1.60. The number of nitrogens with two attached hydrogens (primary N) is 1. The van der Waals surface area contributed by atoms with Crippen LogP contribution >= 0.6 is 11.8 Å². The Bertz CT molecular complexity index is 1000. The Labute approximate surface area is 203 Å². The van der Waals surface area contributed by atoms with Crippen LogP contribution in [0.5, 0.6) is 0 Å². The summed E-state index contributed by atoms with van der Waals surface area (Å²) in [5.74, 6) is -1.01. The molecule has 1 heterocycles. The summed E-state index contributed by atoms with van der Waals surface area (Å²) in [6.07, 6.45) is 2.31. The molecule has 0 radical (unpaired) electrons. The molecule has 2 aromatic rings. The van der Waals surface area contributed by atoms with Crippen molar-refractivity contribution in [3.63, 3.8) is 0 Å². The number of carboxylic acids is 2. The third-order valence-electron chi connectivity index (χ3n) is 6.17. The number of rotatable bonds is 13. The minimum absolute atomic E-state index is 0.315. The second-order valence-corrected chi connectivity index (χ2v) is 9.77. The van der Waals surface area contributed by atoms with Crippen LogP contribution in [0, 0.1) is 0 Å². The van der Waals surface area contributed by atoms with Gasteiger partial charge in [0.25, 0.3) is 0 Å². The zero-order chi connectivity index (χ0) is 24.5. The molecule has 0 aliphatic carbocycles. The smallest absolute Gasteiger partial charge is 0.326 e. The van der Waals surface area contributed by atoms with Gasteiger partial charge in [-0.15, -0.1) is 0 Å². The van der Waals surface area contributed by atoms with Crippen molar-refractivity contribution in [3.8, 4) is 0 Å². The van der Waals surface area contributed by atoms with Crippen LogP contribution in [0.2, 0.25) is 0 Å². The van der Waals surface area contributed by atoms with Crippen molar-refractivity contribution in [1.29, 1.82) is 0 Å². The Hall–Kier alpha value is -2.62. The number of aryl methyl sites for hydroxylation is 1. The van der Waals surface area contributed by atoms with E-state index < -0.39 is 30.1 Å². The van der Waals surface area contributed by atoms with Crippen molar-refractivity contribution < 1.29 is 24.6 Å². The fraction of sp³-hybridized carbons (Fsp3) is 0.480. The van der Waals surface area contributed by atoms with Gasteiger partial charge < -0.3 is 20.8 Å². The van der Waals surface area contributed by atoms with Crippen molar-refractivity contribution in [3.05, 3.63) is 48.0 Å². The third-order valence-corrected chi connectivity index (χ3v) is 7.22. The maximum atomic E-state index is 13.3. The van der Waals surface area contributed by atoms with E-state index in [-0.39, 0.29) is 5.91 Å². The quantitative estimate of drug-likeness (QED) is 0.317. The number of benzene rings is 2. The predicted molar refractivity (Wildman–Crippen MR) is 134 cm³/mol. The van der Waals surface area contributed by atoms with Gasteiger partial charge in [0.15, 0.2) is 0 Å². The van der Waals surface area contributed by atoms with Crippen molar-refractivity contribution >= 4 is 40.4 Å². The lowest BCUT2D eigenvalue weighted by molar-refractivity contribution is -0.149. The average molecular weight is 488 g/mol. The number of thioether (sulfide) groups is 1. The molecule has 1 saturated heterocycles. The highest BCUT2D eigenvalue weighted by Crippen LogP contribution is 2.21. The first-order valence-corrected chi connectivity index (χ1v) is 12.8. The number of carbonyl (C=O) groups is 3. The first-order valence-electron chi connectivity index (χ1n) is 11.7. The second kappa shape index (κ2) is 12.7. The molecule has 0 bridgehead atoms. The first-order chi connectivity index (χ1) is 16.4. The molecule has 0 spiro atoms. The van der Waals surface area contributed by atoms with E-state index in [1.165, 1.54) is 4.90 Å². The molecule has 1 aliphatic rings. The average Bonchev–Trinajstić information content (AvgIpc) is 3.33. The second-order valence-electron chi connectivity index (χ2n) is 8.55. The Morgan fingerprint density at radius 2 is 1.82 bits per heavy atom. The van der Waals surface area contributed by atoms with Gasteiger partial charge in [0, 0.05) is 18.8 Å². The molecule has 1 unspecified atom stereocenters. The van der Waals surface area contributed by atoms with Crippen LogP contribution in [0.1, 0.15) is 31.2 Å². The largest absolute Gasteiger partial charge is 0.480 e. The van der Waals surface area contributed by atoms with E-state index >= 15 is 0 Å². The molecule has 3 rings (SSSR count). The highest BCUT2D eigenvalue weighted by atomic mass is 32.2. The highest BCUT2D eigenvalue weighted by Gasteiger charge is 2.38. The Morgan fingerprint density at radius 3 is 2.53 bits per heavy atom. The molecular formula is C25H33N3O5S. The molecule has 34 heavy (non-hydrogen) atoms. The number of nitrogens with zero attached hydrogens (tertiary/aromatic N) is 1. The van der Waals surface area contributed by atoms with Crippen LogP contribution in [0.25, 0.3) is 10.8 Å². The van der Waals surface area contributed by atoms with Gasteiger partial charge in [0.2, 0.25) is 5.91 Å². The summed E-state index contributed by atoms with van der Waals surface area (Å²) in [4.78, 5) is 38.3. The van der Waals surface area contributed by atoms with E-state index in [1.807, 2.05) is 36.4 Å². The van der Waals surface area contributed by atoms with E-state index in [4.69, 9.17) is 5.73 Å². The molecule has 184 valence electrons. The molecule has 2 aromatic carbocycles. The van der Waals surface area contributed by atoms with Gasteiger partial charge in [-0.05, 0) is 54.2 Å². The van der Waals surface area contributed by atoms with Gasteiger partial charge in [0.1, 0.15) is 12.1 Å². The maximum absolute atomic E-state index is 13.3. The minimum atomic E-state index is -1.02. The Kier molecular flexibility index (Phi) is 9.74. The third kappa shape index (κ3) is 6.94. The van der Waals surface area contributed by atoms with E-state index in [0.717, 1.165) is 22.1 Å². The molecule has 0 aromatic heterocycles. The summed E-state index contributed by atoms with van der Waals surface area (Å²) in [6.45, 7) is 0.895. The standard InChI is InChI=1S/C25H33N3O5S/c26-12-15-34-14-11-20(23(29)28-13-3-6-22(28)25(32)33)27-21(24(30)31)10-8-17-7-9-18-4-1-2-5-19(18)16-17/h1-2,4-5,7,9,16,20-22,27H,3,6,8,10-15,26H2,(H,30,31)(H,32,33)/t20-,21?,22-/m0/s1. The van der Waals surface area contributed by atoms with E-state index in [9.17, 15) is 24.6 Å². The fourth-order valence-electron chi connectivity index (χ4n) is 4.38. The lowest BCUT2D eigenvalue weighted by Crippen LogP contribution is -2.54. The zero-order valence-electron chi connectivity index (χ0n) is 19.2.